The normalized spacial score (nSPS) is 10.2. The van der Waals surface area contributed by atoms with Gasteiger partial charge in [-0.1, -0.05) is 0 Å². The number of Topliss-reactive ketones (excluding diaryl/α,β-unsaturated/α-hetero) is 1. The Bertz CT molecular complexity index is 456. The van der Waals surface area contributed by atoms with Crippen LogP contribution in [0, 0.1) is 0 Å². The van der Waals surface area contributed by atoms with E-state index in [9.17, 15) is 9.59 Å². The zero-order chi connectivity index (χ0) is 13.7. The first-order chi connectivity index (χ1) is 8.52. The third kappa shape index (κ3) is 2.99. The van der Waals surface area contributed by atoms with Gasteiger partial charge in [-0.15, -0.1) is 11.3 Å². The minimum Gasteiger partial charge on any atom is -0.465 e. The van der Waals surface area contributed by atoms with Crippen LogP contribution in [0.25, 0.3) is 0 Å². The maximum absolute atomic E-state index is 11.6. The third-order valence-electron chi connectivity index (χ3n) is 2.25. The van der Waals surface area contributed by atoms with Gasteiger partial charge in [0, 0.05) is 20.6 Å². The van der Waals surface area contributed by atoms with E-state index in [0.717, 1.165) is 11.3 Å². The number of hydrogen-bond donors (Lipinski definition) is 2. The van der Waals surface area contributed by atoms with Gasteiger partial charge < -0.3 is 20.5 Å². The smallest absolute Gasteiger partial charge is 0.343 e. The SMILES string of the molecule is COCCNc1sc(C(C)=O)c(N)c1C(=O)OC. The quantitative estimate of drug-likeness (QED) is 0.462. The molecule has 0 atom stereocenters. The summed E-state index contributed by atoms with van der Waals surface area (Å²) < 4.78 is 9.56. The molecule has 0 aromatic carbocycles. The molecule has 0 unspecified atom stereocenters. The van der Waals surface area contributed by atoms with Crippen molar-refractivity contribution in [1.82, 2.24) is 0 Å². The average molecular weight is 272 g/mol. The van der Waals surface area contributed by atoms with Crippen LogP contribution in [0.15, 0.2) is 0 Å². The Morgan fingerprint density at radius 1 is 1.39 bits per heavy atom. The van der Waals surface area contributed by atoms with Crippen molar-refractivity contribution in [3.8, 4) is 0 Å². The third-order valence-corrected chi connectivity index (χ3v) is 3.51. The van der Waals surface area contributed by atoms with Crippen LogP contribution in [0.3, 0.4) is 0 Å². The summed E-state index contributed by atoms with van der Waals surface area (Å²) in [6.45, 7) is 2.40. The number of nitrogens with two attached hydrogens (primary N) is 1. The Kier molecular flexibility index (Phi) is 5.11. The lowest BCUT2D eigenvalue weighted by Crippen LogP contribution is -2.11. The van der Waals surface area contributed by atoms with Crippen molar-refractivity contribution in [3.63, 3.8) is 0 Å². The molecule has 7 heteroatoms. The van der Waals surface area contributed by atoms with Gasteiger partial charge in [0.2, 0.25) is 0 Å². The number of carbonyl (C=O) groups is 2. The van der Waals surface area contributed by atoms with E-state index in [1.807, 2.05) is 0 Å². The molecule has 0 spiro atoms. The van der Waals surface area contributed by atoms with Crippen LogP contribution in [0.4, 0.5) is 10.7 Å². The van der Waals surface area contributed by atoms with E-state index >= 15 is 0 Å². The lowest BCUT2D eigenvalue weighted by atomic mass is 10.2. The number of nitrogen functional groups attached to an aromatic ring is 1. The number of anilines is 2. The number of carbonyl (C=O) groups excluding carboxylic acids is 2. The monoisotopic (exact) mass is 272 g/mol. The number of esters is 1. The number of hydrogen-bond acceptors (Lipinski definition) is 7. The molecule has 0 saturated carbocycles. The fourth-order valence-corrected chi connectivity index (χ4v) is 2.43. The minimum atomic E-state index is -0.559. The number of nitrogens with one attached hydrogen (secondary N) is 1. The maximum atomic E-state index is 11.6. The van der Waals surface area contributed by atoms with Crippen molar-refractivity contribution < 1.29 is 19.1 Å². The van der Waals surface area contributed by atoms with Crippen molar-refractivity contribution in [3.05, 3.63) is 10.4 Å². The van der Waals surface area contributed by atoms with Crippen molar-refractivity contribution in [2.45, 2.75) is 6.92 Å². The van der Waals surface area contributed by atoms with E-state index in [-0.39, 0.29) is 17.0 Å². The molecule has 0 amide bonds. The second-order valence-electron chi connectivity index (χ2n) is 3.52. The van der Waals surface area contributed by atoms with Gasteiger partial charge in [-0.3, -0.25) is 4.79 Å². The van der Waals surface area contributed by atoms with Gasteiger partial charge in [0.1, 0.15) is 10.6 Å². The number of ether oxygens (including phenoxy) is 2. The molecule has 3 N–H and O–H groups in total. The van der Waals surface area contributed by atoms with E-state index in [1.165, 1.54) is 14.0 Å². The lowest BCUT2D eigenvalue weighted by Gasteiger charge is -2.05. The minimum absolute atomic E-state index is 0.166. The highest BCUT2D eigenvalue weighted by Crippen LogP contribution is 2.36. The standard InChI is InChI=1S/C11H16N2O4S/c1-6(14)9-8(12)7(11(15)17-3)10(18-9)13-4-5-16-2/h13H,4-5,12H2,1-3H3. The maximum Gasteiger partial charge on any atom is 0.343 e. The summed E-state index contributed by atoms with van der Waals surface area (Å²) in [5, 5.41) is 3.54. The first kappa shape index (κ1) is 14.5. The molecule has 1 aromatic heterocycles. The highest BCUT2D eigenvalue weighted by molar-refractivity contribution is 7.19. The van der Waals surface area contributed by atoms with Crippen LogP contribution >= 0.6 is 11.3 Å². The van der Waals surface area contributed by atoms with Crippen LogP contribution in [0.5, 0.6) is 0 Å². The summed E-state index contributed by atoms with van der Waals surface area (Å²) in [7, 11) is 2.85. The molecule has 6 nitrogen and oxygen atoms in total. The number of ketones is 1. The van der Waals surface area contributed by atoms with Gasteiger partial charge in [0.05, 0.1) is 24.3 Å². The van der Waals surface area contributed by atoms with E-state index in [0.29, 0.717) is 23.0 Å². The van der Waals surface area contributed by atoms with Gasteiger partial charge in [-0.05, 0) is 0 Å². The summed E-state index contributed by atoms with van der Waals surface area (Å²) in [6, 6.07) is 0. The fourth-order valence-electron chi connectivity index (χ4n) is 1.40. The Hall–Kier alpha value is -1.60. The van der Waals surface area contributed by atoms with Gasteiger partial charge >= 0.3 is 5.97 Å². The predicted molar refractivity (Wildman–Crippen MR) is 70.4 cm³/mol. The van der Waals surface area contributed by atoms with Crippen LogP contribution in [-0.4, -0.2) is 39.1 Å². The summed E-state index contributed by atoms with van der Waals surface area (Å²) in [5.74, 6) is -0.737. The molecule has 1 heterocycles. The number of thiophene rings is 1. The van der Waals surface area contributed by atoms with Crippen molar-refractivity contribution in [1.29, 1.82) is 0 Å². The average Bonchev–Trinajstić information content (AvgIpc) is 2.66. The van der Waals surface area contributed by atoms with Crippen molar-refractivity contribution in [2.75, 3.05) is 38.4 Å². The molecule has 1 aromatic rings. The second-order valence-corrected chi connectivity index (χ2v) is 4.54. The van der Waals surface area contributed by atoms with Crippen LogP contribution in [-0.2, 0) is 9.47 Å². The predicted octanol–water partition coefficient (Wildman–Crippen LogP) is 1.38. The van der Waals surface area contributed by atoms with E-state index in [2.05, 4.69) is 10.1 Å². The van der Waals surface area contributed by atoms with Gasteiger partial charge in [-0.25, -0.2) is 4.79 Å². The first-order valence-corrected chi connectivity index (χ1v) is 6.08. The largest absolute Gasteiger partial charge is 0.465 e. The van der Waals surface area contributed by atoms with E-state index in [1.54, 1.807) is 7.11 Å². The topological polar surface area (TPSA) is 90.6 Å². The molecule has 0 saturated heterocycles. The van der Waals surface area contributed by atoms with Crippen LogP contribution < -0.4 is 11.1 Å². The van der Waals surface area contributed by atoms with Crippen molar-refractivity contribution >= 4 is 33.8 Å². The molecule has 0 aliphatic heterocycles. The Morgan fingerprint density at radius 3 is 2.56 bits per heavy atom. The lowest BCUT2D eigenvalue weighted by molar-refractivity contribution is 0.0603. The molecule has 0 radical (unpaired) electrons. The molecular formula is C11H16N2O4S. The molecule has 1 rings (SSSR count). The second kappa shape index (κ2) is 6.36. The van der Waals surface area contributed by atoms with Crippen LogP contribution in [0.1, 0.15) is 27.0 Å². The molecule has 18 heavy (non-hydrogen) atoms. The van der Waals surface area contributed by atoms with E-state index < -0.39 is 5.97 Å². The van der Waals surface area contributed by atoms with Crippen LogP contribution in [0.2, 0.25) is 0 Å². The molecule has 0 bridgehead atoms. The Balaban J connectivity index is 3.09. The summed E-state index contributed by atoms with van der Waals surface area (Å²) >= 11 is 1.15. The summed E-state index contributed by atoms with van der Waals surface area (Å²) in [5.41, 5.74) is 6.18. The Labute approximate surface area is 109 Å². The molecule has 0 aliphatic rings. The molecular weight excluding hydrogens is 256 g/mol. The van der Waals surface area contributed by atoms with Gasteiger partial charge in [0.15, 0.2) is 5.78 Å². The summed E-state index contributed by atoms with van der Waals surface area (Å²) in [4.78, 5) is 23.4. The van der Waals surface area contributed by atoms with Crippen molar-refractivity contribution in [2.24, 2.45) is 0 Å². The zero-order valence-electron chi connectivity index (χ0n) is 10.5. The Morgan fingerprint density at radius 2 is 2.06 bits per heavy atom. The highest BCUT2D eigenvalue weighted by atomic mass is 32.1. The molecule has 100 valence electrons. The number of methoxy groups -OCH3 is 2. The number of rotatable bonds is 6. The van der Waals surface area contributed by atoms with Gasteiger partial charge in [-0.2, -0.15) is 0 Å². The summed E-state index contributed by atoms with van der Waals surface area (Å²) in [6.07, 6.45) is 0. The molecule has 0 fully saturated rings. The molecule has 0 aliphatic carbocycles. The van der Waals surface area contributed by atoms with E-state index in [4.69, 9.17) is 10.5 Å². The zero-order valence-corrected chi connectivity index (χ0v) is 11.3. The highest BCUT2D eigenvalue weighted by Gasteiger charge is 2.24. The van der Waals surface area contributed by atoms with Gasteiger partial charge in [0.25, 0.3) is 0 Å². The first-order valence-electron chi connectivity index (χ1n) is 5.27. The fraction of sp³-hybridized carbons (Fsp3) is 0.455.